The fourth-order valence-electron chi connectivity index (χ4n) is 3.60. The smallest absolute Gasteiger partial charge is 0.129 e. The van der Waals surface area contributed by atoms with Gasteiger partial charge in [0.15, 0.2) is 0 Å². The molecule has 4 rings (SSSR count). The number of aliphatic hydroxyl groups excluding tert-OH is 1. The molecule has 5 nitrogen and oxygen atoms in total. The largest absolute Gasteiger partial charge is 0.390 e. The lowest BCUT2D eigenvalue weighted by Gasteiger charge is -2.22. The van der Waals surface area contributed by atoms with E-state index < -0.39 is 0 Å². The van der Waals surface area contributed by atoms with Gasteiger partial charge in [-0.1, -0.05) is 11.6 Å². The second-order valence-corrected chi connectivity index (χ2v) is 7.82. The summed E-state index contributed by atoms with van der Waals surface area (Å²) in [4.78, 5) is 8.97. The van der Waals surface area contributed by atoms with Gasteiger partial charge in [0.25, 0.3) is 0 Å². The number of aromatic nitrogens is 1. The summed E-state index contributed by atoms with van der Waals surface area (Å²) >= 11 is 10.1. The number of anilines is 1. The van der Waals surface area contributed by atoms with Crippen LogP contribution in [0.3, 0.4) is 0 Å². The van der Waals surface area contributed by atoms with Crippen LogP contribution in [0, 0.1) is 0 Å². The lowest BCUT2D eigenvalue weighted by Crippen LogP contribution is -2.38. The van der Waals surface area contributed by atoms with E-state index in [1.165, 1.54) is 0 Å². The highest BCUT2D eigenvalue weighted by Crippen LogP contribution is 2.41. The van der Waals surface area contributed by atoms with Gasteiger partial charge in [-0.25, -0.2) is 4.98 Å². The van der Waals surface area contributed by atoms with Crippen molar-refractivity contribution in [3.63, 3.8) is 0 Å². The molecule has 3 heterocycles. The van der Waals surface area contributed by atoms with E-state index in [2.05, 4.69) is 31.8 Å². The highest BCUT2D eigenvalue weighted by molar-refractivity contribution is 9.10. The first-order valence-electron chi connectivity index (χ1n) is 7.94. The molecular weight excluding hydrogens is 394 g/mol. The van der Waals surface area contributed by atoms with Crippen molar-refractivity contribution in [1.82, 2.24) is 9.88 Å². The molecule has 0 saturated carbocycles. The number of hydrogen-bond donors (Lipinski definition) is 1. The molecule has 0 bridgehead atoms. The maximum absolute atomic E-state index is 10.3. The van der Waals surface area contributed by atoms with Gasteiger partial charge < -0.3 is 19.6 Å². The van der Waals surface area contributed by atoms with Gasteiger partial charge in [-0.05, 0) is 53.3 Å². The molecule has 2 atom stereocenters. The maximum atomic E-state index is 10.3. The number of nitrogens with zero attached hydrogens (tertiary/aromatic N) is 3. The Morgan fingerprint density at radius 1 is 1.29 bits per heavy atom. The summed E-state index contributed by atoms with van der Waals surface area (Å²) in [5.41, 5.74) is 3.06. The Morgan fingerprint density at radius 3 is 2.75 bits per heavy atom. The Morgan fingerprint density at radius 2 is 2.04 bits per heavy atom. The van der Waals surface area contributed by atoms with Gasteiger partial charge in [-0.2, -0.15) is 0 Å². The summed E-state index contributed by atoms with van der Waals surface area (Å²) in [6, 6.07) is 4.19. The zero-order chi connectivity index (χ0) is 17.0. The molecule has 0 spiro atoms. The van der Waals surface area contributed by atoms with Crippen LogP contribution in [-0.4, -0.2) is 54.3 Å². The zero-order valence-corrected chi connectivity index (χ0v) is 15.9. The van der Waals surface area contributed by atoms with Crippen LogP contribution in [0.15, 0.2) is 16.6 Å². The summed E-state index contributed by atoms with van der Waals surface area (Å²) in [6.45, 7) is 2.50. The fourth-order valence-corrected chi connectivity index (χ4v) is 4.40. The molecule has 2 aromatic rings. The molecule has 1 aromatic carbocycles. The molecule has 0 unspecified atom stereocenters. The normalized spacial score (nSPS) is 23.5. The van der Waals surface area contributed by atoms with Gasteiger partial charge in [0.05, 0.1) is 35.9 Å². The van der Waals surface area contributed by atoms with Gasteiger partial charge >= 0.3 is 0 Å². The van der Waals surface area contributed by atoms with Crippen LogP contribution < -0.4 is 4.90 Å². The number of aliphatic hydroxyl groups is 1. The number of halogens is 2. The van der Waals surface area contributed by atoms with Crippen molar-refractivity contribution >= 4 is 44.3 Å². The third-order valence-electron chi connectivity index (χ3n) is 4.97. The average Bonchev–Trinajstić information content (AvgIpc) is 3.19. The van der Waals surface area contributed by atoms with Crippen LogP contribution in [0.2, 0.25) is 5.02 Å². The highest BCUT2D eigenvalue weighted by atomic mass is 79.9. The van der Waals surface area contributed by atoms with Gasteiger partial charge in [0, 0.05) is 22.9 Å². The molecule has 7 heteroatoms. The Bertz CT molecular complexity index is 814. The van der Waals surface area contributed by atoms with Gasteiger partial charge in [-0.15, -0.1) is 0 Å². The van der Waals surface area contributed by atoms with E-state index in [1.807, 2.05) is 20.2 Å². The number of benzene rings is 1. The molecule has 0 aliphatic carbocycles. The Balaban J connectivity index is 1.77. The quantitative estimate of drug-likeness (QED) is 0.822. The molecule has 0 radical (unpaired) electrons. The fraction of sp³-hybridized carbons (Fsp3) is 0.471. The van der Waals surface area contributed by atoms with Gasteiger partial charge in [0.2, 0.25) is 0 Å². The minimum atomic E-state index is -0.381. The third-order valence-corrected chi connectivity index (χ3v) is 6.45. The van der Waals surface area contributed by atoms with Crippen molar-refractivity contribution in [1.29, 1.82) is 0 Å². The molecule has 128 valence electrons. The highest BCUT2D eigenvalue weighted by Gasteiger charge is 2.33. The Labute approximate surface area is 154 Å². The number of pyridine rings is 1. The van der Waals surface area contributed by atoms with E-state index >= 15 is 0 Å². The monoisotopic (exact) mass is 411 g/mol. The second-order valence-electron chi connectivity index (χ2n) is 6.65. The van der Waals surface area contributed by atoms with Crippen LogP contribution in [0.4, 0.5) is 5.82 Å². The summed E-state index contributed by atoms with van der Waals surface area (Å²) in [5.74, 6) is 0.846. The zero-order valence-electron chi connectivity index (χ0n) is 13.6. The SMILES string of the molecule is CN(C)[C@@H]1CN(c2ccc3c4c(c(Br)c(Cl)c3n2)COC4)C[C@H]1O. The number of hydrogen-bond acceptors (Lipinski definition) is 5. The third kappa shape index (κ3) is 2.52. The number of ether oxygens (including phenoxy) is 1. The van der Waals surface area contributed by atoms with E-state index in [-0.39, 0.29) is 12.1 Å². The molecule has 1 N–H and O–H groups in total. The summed E-state index contributed by atoms with van der Waals surface area (Å²) in [5, 5.41) is 11.9. The van der Waals surface area contributed by atoms with E-state index in [1.54, 1.807) is 0 Å². The van der Waals surface area contributed by atoms with Crippen molar-refractivity contribution in [2.75, 3.05) is 32.1 Å². The van der Waals surface area contributed by atoms with E-state index in [0.717, 1.165) is 38.9 Å². The van der Waals surface area contributed by atoms with Crippen molar-refractivity contribution < 1.29 is 9.84 Å². The van der Waals surface area contributed by atoms with E-state index in [4.69, 9.17) is 21.3 Å². The predicted octanol–water partition coefficient (Wildman–Crippen LogP) is 2.79. The molecule has 2 aliphatic rings. The van der Waals surface area contributed by atoms with Gasteiger partial charge in [-0.3, -0.25) is 0 Å². The van der Waals surface area contributed by atoms with Gasteiger partial charge in [0.1, 0.15) is 5.82 Å². The van der Waals surface area contributed by atoms with E-state index in [0.29, 0.717) is 24.8 Å². The summed E-state index contributed by atoms with van der Waals surface area (Å²) in [7, 11) is 3.98. The molecule has 1 fully saturated rings. The topological polar surface area (TPSA) is 48.8 Å². The van der Waals surface area contributed by atoms with Crippen molar-refractivity contribution in [3.8, 4) is 0 Å². The van der Waals surface area contributed by atoms with Crippen LogP contribution in [-0.2, 0) is 18.0 Å². The molecular formula is C17H19BrClN3O2. The van der Waals surface area contributed by atoms with Crippen LogP contribution in [0.5, 0.6) is 0 Å². The van der Waals surface area contributed by atoms with Crippen molar-refractivity contribution in [2.45, 2.75) is 25.4 Å². The molecule has 0 amide bonds. The molecule has 24 heavy (non-hydrogen) atoms. The standard InChI is InChI=1S/C17H19BrClN3O2/c1-21(2)12-5-22(6-13(12)23)14-4-3-9-10-7-24-8-11(10)15(18)16(19)17(9)20-14/h3-4,12-13,23H,5-8H2,1-2H3/t12-,13-/m1/s1. The van der Waals surface area contributed by atoms with E-state index in [9.17, 15) is 5.11 Å². The predicted molar refractivity (Wildman–Crippen MR) is 98.6 cm³/mol. The Hall–Kier alpha value is -0.920. The van der Waals surface area contributed by atoms with Crippen LogP contribution in [0.1, 0.15) is 11.1 Å². The number of rotatable bonds is 2. The number of β-amino-alcohol motifs (C(OH)–C–C–N with tert-alkyl or cyclic N) is 1. The minimum Gasteiger partial charge on any atom is -0.390 e. The number of likely N-dealkylation sites (N-methyl/N-ethyl adjacent to an activating group) is 1. The maximum Gasteiger partial charge on any atom is 0.129 e. The lowest BCUT2D eigenvalue weighted by molar-refractivity contribution is 0.114. The second kappa shape index (κ2) is 6.11. The van der Waals surface area contributed by atoms with Crippen LogP contribution in [0.25, 0.3) is 10.9 Å². The molecule has 1 saturated heterocycles. The summed E-state index contributed by atoms with van der Waals surface area (Å²) < 4.78 is 6.45. The van der Waals surface area contributed by atoms with Crippen LogP contribution >= 0.6 is 27.5 Å². The first kappa shape index (κ1) is 16.5. The van der Waals surface area contributed by atoms with Crippen molar-refractivity contribution in [2.24, 2.45) is 0 Å². The lowest BCUT2D eigenvalue weighted by atomic mass is 10.0. The van der Waals surface area contributed by atoms with Crippen molar-refractivity contribution in [3.05, 3.63) is 32.8 Å². The first-order chi connectivity index (χ1) is 11.5. The summed E-state index contributed by atoms with van der Waals surface area (Å²) in [6.07, 6.45) is -0.381. The molecule has 1 aromatic heterocycles. The molecule has 2 aliphatic heterocycles. The minimum absolute atomic E-state index is 0.109. The Kier molecular flexibility index (Phi) is 4.21. The first-order valence-corrected chi connectivity index (χ1v) is 9.11. The number of fused-ring (bicyclic) bond motifs is 3. The average molecular weight is 413 g/mol.